The summed E-state index contributed by atoms with van der Waals surface area (Å²) in [6.45, 7) is 5.54. The van der Waals surface area contributed by atoms with Gasteiger partial charge in [0.1, 0.15) is 5.92 Å². The van der Waals surface area contributed by atoms with Gasteiger partial charge in [-0.25, -0.2) is 0 Å². The van der Waals surface area contributed by atoms with E-state index in [0.29, 0.717) is 28.5 Å². The maximum absolute atomic E-state index is 13.4. The van der Waals surface area contributed by atoms with Crippen LogP contribution in [0.1, 0.15) is 38.5 Å². The molecule has 2 aliphatic rings. The zero-order chi connectivity index (χ0) is 29.8. The number of carbonyl (C=O) groups excluding carboxylic acids is 2. The van der Waals surface area contributed by atoms with Crippen LogP contribution in [0.5, 0.6) is 0 Å². The summed E-state index contributed by atoms with van der Waals surface area (Å²) in [5.41, 5.74) is 6.31. The fourth-order valence-electron chi connectivity index (χ4n) is 5.59. The Hall–Kier alpha value is -4.30. The second-order valence-electron chi connectivity index (χ2n) is 11.1. The number of hydrogen-bond donors (Lipinski definition) is 2. The lowest BCUT2D eigenvalue weighted by Crippen LogP contribution is -2.43. The summed E-state index contributed by atoms with van der Waals surface area (Å²) < 4.78 is 0. The number of fused-ring (bicyclic) bond motifs is 1. The molecule has 4 aromatic rings. The minimum Gasteiger partial charge on any atom is -0.348 e. The maximum Gasteiger partial charge on any atom is 0.251 e. The number of carbonyl (C=O) groups is 2. The molecule has 2 N–H and O–H groups in total. The van der Waals surface area contributed by atoms with E-state index < -0.39 is 5.92 Å². The van der Waals surface area contributed by atoms with Crippen molar-refractivity contribution in [2.45, 2.75) is 19.0 Å². The van der Waals surface area contributed by atoms with Crippen LogP contribution < -0.4 is 10.6 Å². The number of nitrogens with zero attached hydrogens (tertiary/aromatic N) is 3. The van der Waals surface area contributed by atoms with Crippen molar-refractivity contribution >= 4 is 40.5 Å². The van der Waals surface area contributed by atoms with Crippen molar-refractivity contribution in [3.63, 3.8) is 0 Å². The zero-order valence-corrected chi connectivity index (χ0v) is 24.8. The molecule has 0 bridgehead atoms. The van der Waals surface area contributed by atoms with Gasteiger partial charge in [0.05, 0.1) is 11.4 Å². The highest BCUT2D eigenvalue weighted by molar-refractivity contribution is 6.30. The first-order valence-corrected chi connectivity index (χ1v) is 14.9. The van der Waals surface area contributed by atoms with Crippen molar-refractivity contribution in [2.75, 3.05) is 38.5 Å². The van der Waals surface area contributed by atoms with Gasteiger partial charge in [-0.1, -0.05) is 66.2 Å². The topological polar surface area (TPSA) is 77.0 Å². The van der Waals surface area contributed by atoms with E-state index in [-0.39, 0.29) is 11.8 Å². The van der Waals surface area contributed by atoms with Gasteiger partial charge in [-0.2, -0.15) is 0 Å². The van der Waals surface area contributed by atoms with Gasteiger partial charge in [-0.05, 0) is 71.8 Å². The molecule has 6 rings (SSSR count). The highest BCUT2D eigenvalue weighted by Crippen LogP contribution is 2.37. The molecule has 7 nitrogen and oxygen atoms in total. The standard InChI is InChI=1S/C35H34ClN5O2/c1-40-16-18-41(19-17-40)23-24-10-13-29(14-11-24)38-33(26-7-3-2-4-8-26)32-30-21-27(12-15-31(30)39-35(32)43)34(42)37-22-25-6-5-9-28(36)20-25/h2-15,20-21,32H,16-19,22-23H2,1H3,(H,37,42)(H,39,43). The smallest absolute Gasteiger partial charge is 0.251 e. The molecule has 1 saturated heterocycles. The highest BCUT2D eigenvalue weighted by Gasteiger charge is 2.36. The van der Waals surface area contributed by atoms with Gasteiger partial charge >= 0.3 is 0 Å². The fraction of sp³-hybridized carbons (Fsp3) is 0.229. The summed E-state index contributed by atoms with van der Waals surface area (Å²) in [7, 11) is 2.16. The van der Waals surface area contributed by atoms with Crippen LogP contribution in [0, 0.1) is 0 Å². The Morgan fingerprint density at radius 1 is 0.884 bits per heavy atom. The fourth-order valence-corrected chi connectivity index (χ4v) is 5.80. The van der Waals surface area contributed by atoms with Gasteiger partial charge in [0.25, 0.3) is 5.91 Å². The van der Waals surface area contributed by atoms with Crippen molar-refractivity contribution in [2.24, 2.45) is 4.99 Å². The zero-order valence-electron chi connectivity index (χ0n) is 24.1. The molecule has 0 saturated carbocycles. The number of piperazine rings is 1. The van der Waals surface area contributed by atoms with Crippen LogP contribution in [-0.2, 0) is 17.9 Å². The number of nitrogens with one attached hydrogen (secondary N) is 2. The molecular weight excluding hydrogens is 558 g/mol. The Kier molecular flexibility index (Phi) is 8.65. The van der Waals surface area contributed by atoms with Crippen LogP contribution in [0.25, 0.3) is 0 Å². The van der Waals surface area contributed by atoms with Gasteiger partial charge in [-0.3, -0.25) is 19.5 Å². The third-order valence-electron chi connectivity index (χ3n) is 8.02. The number of likely N-dealkylation sites (N-methyl/N-ethyl adjacent to an activating group) is 1. The molecule has 43 heavy (non-hydrogen) atoms. The molecule has 0 radical (unpaired) electrons. The predicted molar refractivity (Wildman–Crippen MR) is 172 cm³/mol. The molecule has 218 valence electrons. The Bertz CT molecular complexity index is 1650. The summed E-state index contributed by atoms with van der Waals surface area (Å²) in [5, 5.41) is 6.57. The summed E-state index contributed by atoms with van der Waals surface area (Å²) in [5.74, 6) is -1.06. The van der Waals surface area contributed by atoms with E-state index in [1.807, 2.05) is 60.7 Å². The lowest BCUT2D eigenvalue weighted by Gasteiger charge is -2.32. The summed E-state index contributed by atoms with van der Waals surface area (Å²) in [6, 6.07) is 30.7. The summed E-state index contributed by atoms with van der Waals surface area (Å²) in [6.07, 6.45) is 0. The molecule has 0 spiro atoms. The quantitative estimate of drug-likeness (QED) is 0.251. The minimum atomic E-state index is -0.664. The van der Waals surface area contributed by atoms with E-state index in [2.05, 4.69) is 39.6 Å². The van der Waals surface area contributed by atoms with E-state index in [0.717, 1.165) is 55.1 Å². The van der Waals surface area contributed by atoms with E-state index >= 15 is 0 Å². The van der Waals surface area contributed by atoms with Crippen LogP contribution in [0.3, 0.4) is 0 Å². The Morgan fingerprint density at radius 3 is 2.40 bits per heavy atom. The molecule has 2 amide bonds. The Labute approximate surface area is 257 Å². The SMILES string of the molecule is CN1CCN(Cc2ccc(N=C(c3ccccc3)C3C(=O)Nc4ccc(C(=O)NCc5cccc(Cl)c5)cc43)cc2)CC1. The molecule has 0 aromatic heterocycles. The van der Waals surface area contributed by atoms with Crippen molar-refractivity contribution in [3.05, 3.63) is 130 Å². The van der Waals surface area contributed by atoms with Crippen molar-refractivity contribution in [3.8, 4) is 0 Å². The Morgan fingerprint density at radius 2 is 1.65 bits per heavy atom. The van der Waals surface area contributed by atoms with E-state index in [9.17, 15) is 9.59 Å². The molecule has 1 atom stereocenters. The number of amides is 2. The van der Waals surface area contributed by atoms with Gasteiger partial charge in [0.15, 0.2) is 0 Å². The number of anilines is 1. The number of rotatable bonds is 8. The summed E-state index contributed by atoms with van der Waals surface area (Å²) >= 11 is 6.09. The molecule has 1 unspecified atom stereocenters. The average molecular weight is 592 g/mol. The predicted octanol–water partition coefficient (Wildman–Crippen LogP) is 5.87. The van der Waals surface area contributed by atoms with E-state index in [1.165, 1.54) is 5.56 Å². The molecule has 2 heterocycles. The second kappa shape index (κ2) is 12.9. The van der Waals surface area contributed by atoms with E-state index in [4.69, 9.17) is 16.6 Å². The third-order valence-corrected chi connectivity index (χ3v) is 8.25. The van der Waals surface area contributed by atoms with E-state index in [1.54, 1.807) is 24.3 Å². The molecule has 0 aliphatic carbocycles. The van der Waals surface area contributed by atoms with Crippen molar-refractivity contribution in [1.29, 1.82) is 0 Å². The van der Waals surface area contributed by atoms with Crippen LogP contribution in [0.15, 0.2) is 102 Å². The molecular formula is C35H34ClN5O2. The van der Waals surface area contributed by atoms with Crippen LogP contribution in [0.2, 0.25) is 5.02 Å². The maximum atomic E-state index is 13.4. The van der Waals surface area contributed by atoms with Gasteiger partial charge in [0.2, 0.25) is 5.91 Å². The first kappa shape index (κ1) is 28.8. The van der Waals surface area contributed by atoms with Gasteiger partial charge in [0, 0.05) is 55.5 Å². The van der Waals surface area contributed by atoms with Crippen molar-refractivity contribution in [1.82, 2.24) is 15.1 Å². The number of halogens is 1. The number of benzene rings is 4. The number of aliphatic imine (C=N–C) groups is 1. The largest absolute Gasteiger partial charge is 0.348 e. The number of hydrogen-bond acceptors (Lipinski definition) is 5. The summed E-state index contributed by atoms with van der Waals surface area (Å²) in [4.78, 5) is 36.4. The monoisotopic (exact) mass is 591 g/mol. The normalized spacial score (nSPS) is 17.4. The average Bonchev–Trinajstić information content (AvgIpc) is 3.35. The Balaban J connectivity index is 1.26. The lowest BCUT2D eigenvalue weighted by molar-refractivity contribution is -0.115. The first-order chi connectivity index (χ1) is 20.9. The second-order valence-corrected chi connectivity index (χ2v) is 11.6. The van der Waals surface area contributed by atoms with Crippen molar-refractivity contribution < 1.29 is 9.59 Å². The third kappa shape index (κ3) is 6.86. The highest BCUT2D eigenvalue weighted by atomic mass is 35.5. The van der Waals surface area contributed by atoms with Crippen LogP contribution in [-0.4, -0.2) is 60.6 Å². The lowest BCUT2D eigenvalue weighted by atomic mass is 9.89. The van der Waals surface area contributed by atoms with Crippen LogP contribution in [0.4, 0.5) is 11.4 Å². The van der Waals surface area contributed by atoms with Gasteiger partial charge < -0.3 is 15.5 Å². The first-order valence-electron chi connectivity index (χ1n) is 14.5. The molecule has 1 fully saturated rings. The minimum absolute atomic E-state index is 0.166. The molecule has 4 aromatic carbocycles. The molecule has 2 aliphatic heterocycles. The van der Waals surface area contributed by atoms with Crippen LogP contribution >= 0.6 is 11.6 Å². The van der Waals surface area contributed by atoms with Gasteiger partial charge in [-0.15, -0.1) is 0 Å². The molecule has 8 heteroatoms.